The molecule has 0 aliphatic rings. The third-order valence-corrected chi connectivity index (χ3v) is 2.49. The Labute approximate surface area is 109 Å². The SMILES string of the molecule is CCNc1ccc(C(=O)NC(C)(C)COC)cc1. The number of hydrogen-bond donors (Lipinski definition) is 2. The molecule has 1 rings (SSSR count). The van der Waals surface area contributed by atoms with Gasteiger partial charge < -0.3 is 15.4 Å². The van der Waals surface area contributed by atoms with Crippen LogP contribution in [0.3, 0.4) is 0 Å². The van der Waals surface area contributed by atoms with Gasteiger partial charge in [-0.15, -0.1) is 0 Å². The second kappa shape index (κ2) is 6.40. The van der Waals surface area contributed by atoms with Crippen molar-refractivity contribution in [3.05, 3.63) is 29.8 Å². The minimum Gasteiger partial charge on any atom is -0.385 e. The first-order chi connectivity index (χ1) is 8.48. The van der Waals surface area contributed by atoms with Gasteiger partial charge in [0.2, 0.25) is 0 Å². The third kappa shape index (κ3) is 4.37. The molecule has 0 heterocycles. The van der Waals surface area contributed by atoms with Crippen molar-refractivity contribution in [3.8, 4) is 0 Å². The van der Waals surface area contributed by atoms with Crippen molar-refractivity contribution in [2.24, 2.45) is 0 Å². The molecule has 0 aliphatic heterocycles. The van der Waals surface area contributed by atoms with Crippen molar-refractivity contribution < 1.29 is 9.53 Å². The summed E-state index contributed by atoms with van der Waals surface area (Å²) in [4.78, 5) is 12.0. The van der Waals surface area contributed by atoms with Crippen LogP contribution in [-0.2, 0) is 4.74 Å². The van der Waals surface area contributed by atoms with Gasteiger partial charge >= 0.3 is 0 Å². The Morgan fingerprint density at radius 3 is 2.39 bits per heavy atom. The Morgan fingerprint density at radius 2 is 1.89 bits per heavy atom. The average Bonchev–Trinajstić information content (AvgIpc) is 2.29. The van der Waals surface area contributed by atoms with E-state index in [0.29, 0.717) is 12.2 Å². The van der Waals surface area contributed by atoms with E-state index in [0.717, 1.165) is 12.2 Å². The lowest BCUT2D eigenvalue weighted by molar-refractivity contribution is 0.0820. The molecule has 0 aromatic heterocycles. The lowest BCUT2D eigenvalue weighted by Crippen LogP contribution is -2.46. The number of hydrogen-bond acceptors (Lipinski definition) is 3. The van der Waals surface area contributed by atoms with Gasteiger partial charge in [0.15, 0.2) is 0 Å². The number of carbonyl (C=O) groups excluding carboxylic acids is 1. The fourth-order valence-electron chi connectivity index (χ4n) is 1.72. The maximum atomic E-state index is 12.0. The predicted octanol–water partition coefficient (Wildman–Crippen LogP) is 2.27. The molecule has 0 saturated carbocycles. The van der Waals surface area contributed by atoms with Gasteiger partial charge in [-0.1, -0.05) is 0 Å². The zero-order chi connectivity index (χ0) is 13.6. The van der Waals surface area contributed by atoms with Crippen LogP contribution >= 0.6 is 0 Å². The highest BCUT2D eigenvalue weighted by Gasteiger charge is 2.20. The van der Waals surface area contributed by atoms with Crippen LogP contribution in [-0.4, -0.2) is 31.7 Å². The molecule has 1 aromatic carbocycles. The molecular formula is C14H22N2O2. The molecule has 1 amide bonds. The highest BCUT2D eigenvalue weighted by molar-refractivity contribution is 5.95. The normalized spacial score (nSPS) is 11.1. The van der Waals surface area contributed by atoms with E-state index in [-0.39, 0.29) is 11.4 Å². The molecule has 0 aliphatic carbocycles. The Balaban J connectivity index is 2.67. The molecule has 100 valence electrons. The van der Waals surface area contributed by atoms with Crippen molar-refractivity contribution in [2.45, 2.75) is 26.3 Å². The van der Waals surface area contributed by atoms with Crippen LogP contribution in [0.25, 0.3) is 0 Å². The maximum Gasteiger partial charge on any atom is 0.251 e. The lowest BCUT2D eigenvalue weighted by Gasteiger charge is -2.25. The first-order valence-electron chi connectivity index (χ1n) is 6.14. The minimum atomic E-state index is -0.369. The number of nitrogens with one attached hydrogen (secondary N) is 2. The highest BCUT2D eigenvalue weighted by Crippen LogP contribution is 2.11. The first-order valence-corrected chi connectivity index (χ1v) is 6.14. The number of methoxy groups -OCH3 is 1. The van der Waals surface area contributed by atoms with Crippen LogP contribution in [0.5, 0.6) is 0 Å². The fourth-order valence-corrected chi connectivity index (χ4v) is 1.72. The van der Waals surface area contributed by atoms with Crippen molar-refractivity contribution in [3.63, 3.8) is 0 Å². The largest absolute Gasteiger partial charge is 0.385 e. The number of ether oxygens (including phenoxy) is 1. The quantitative estimate of drug-likeness (QED) is 0.814. The van der Waals surface area contributed by atoms with Crippen molar-refractivity contribution in [1.29, 1.82) is 0 Å². The smallest absolute Gasteiger partial charge is 0.251 e. The summed E-state index contributed by atoms with van der Waals surface area (Å²) in [5.74, 6) is -0.0832. The maximum absolute atomic E-state index is 12.0. The van der Waals surface area contributed by atoms with Crippen LogP contribution in [0, 0.1) is 0 Å². The Kier molecular flexibility index (Phi) is 5.16. The highest BCUT2D eigenvalue weighted by atomic mass is 16.5. The minimum absolute atomic E-state index is 0.0832. The summed E-state index contributed by atoms with van der Waals surface area (Å²) in [6, 6.07) is 7.44. The van der Waals surface area contributed by atoms with E-state index < -0.39 is 0 Å². The van der Waals surface area contributed by atoms with Gasteiger partial charge in [-0.3, -0.25) is 4.79 Å². The summed E-state index contributed by atoms with van der Waals surface area (Å²) in [5, 5.41) is 6.13. The van der Waals surface area contributed by atoms with Gasteiger partial charge in [-0.05, 0) is 45.0 Å². The number of rotatable bonds is 6. The summed E-state index contributed by atoms with van der Waals surface area (Å²) in [5.41, 5.74) is 1.30. The summed E-state index contributed by atoms with van der Waals surface area (Å²) in [6.07, 6.45) is 0. The number of carbonyl (C=O) groups is 1. The standard InChI is InChI=1S/C14H22N2O2/c1-5-15-12-8-6-11(7-9-12)13(17)16-14(2,3)10-18-4/h6-9,15H,5,10H2,1-4H3,(H,16,17). The Hall–Kier alpha value is -1.55. The molecule has 4 heteroatoms. The van der Waals surface area contributed by atoms with Gasteiger partial charge in [0.25, 0.3) is 5.91 Å². The predicted molar refractivity (Wildman–Crippen MR) is 74.0 cm³/mol. The Bertz CT molecular complexity index is 385. The topological polar surface area (TPSA) is 50.4 Å². The lowest BCUT2D eigenvalue weighted by atomic mass is 10.1. The van der Waals surface area contributed by atoms with Crippen molar-refractivity contribution >= 4 is 11.6 Å². The Morgan fingerprint density at radius 1 is 1.28 bits per heavy atom. The van der Waals surface area contributed by atoms with Gasteiger partial charge in [-0.2, -0.15) is 0 Å². The molecule has 0 saturated heterocycles. The van der Waals surface area contributed by atoms with E-state index in [2.05, 4.69) is 10.6 Å². The summed E-state index contributed by atoms with van der Waals surface area (Å²) < 4.78 is 5.07. The molecule has 0 unspecified atom stereocenters. The second-order valence-electron chi connectivity index (χ2n) is 4.88. The van der Waals surface area contributed by atoms with Crippen LogP contribution < -0.4 is 10.6 Å². The van der Waals surface area contributed by atoms with Crippen LogP contribution in [0.2, 0.25) is 0 Å². The van der Waals surface area contributed by atoms with Crippen molar-refractivity contribution in [2.75, 3.05) is 25.6 Å². The summed E-state index contributed by atoms with van der Waals surface area (Å²) in [6.45, 7) is 7.25. The van der Waals surface area contributed by atoms with E-state index in [4.69, 9.17) is 4.74 Å². The van der Waals surface area contributed by atoms with Crippen LogP contribution in [0.4, 0.5) is 5.69 Å². The first kappa shape index (κ1) is 14.5. The second-order valence-corrected chi connectivity index (χ2v) is 4.88. The van der Waals surface area contributed by atoms with Crippen LogP contribution in [0.1, 0.15) is 31.1 Å². The molecule has 18 heavy (non-hydrogen) atoms. The number of benzene rings is 1. The van der Waals surface area contributed by atoms with Gasteiger partial charge in [-0.25, -0.2) is 0 Å². The molecule has 0 atom stereocenters. The van der Waals surface area contributed by atoms with E-state index in [1.165, 1.54) is 0 Å². The molecular weight excluding hydrogens is 228 g/mol. The van der Waals surface area contributed by atoms with E-state index >= 15 is 0 Å². The number of amides is 1. The fraction of sp³-hybridized carbons (Fsp3) is 0.500. The molecule has 0 fully saturated rings. The molecule has 0 bridgehead atoms. The monoisotopic (exact) mass is 250 g/mol. The van der Waals surface area contributed by atoms with Crippen LogP contribution in [0.15, 0.2) is 24.3 Å². The average molecular weight is 250 g/mol. The molecule has 0 radical (unpaired) electrons. The molecule has 2 N–H and O–H groups in total. The molecule has 4 nitrogen and oxygen atoms in total. The van der Waals surface area contributed by atoms with Gasteiger partial charge in [0.05, 0.1) is 12.1 Å². The zero-order valence-electron chi connectivity index (χ0n) is 11.5. The summed E-state index contributed by atoms with van der Waals surface area (Å²) >= 11 is 0. The molecule has 0 spiro atoms. The van der Waals surface area contributed by atoms with Gasteiger partial charge in [0.1, 0.15) is 0 Å². The van der Waals surface area contributed by atoms with Gasteiger partial charge in [0, 0.05) is 24.9 Å². The van der Waals surface area contributed by atoms with Crippen molar-refractivity contribution in [1.82, 2.24) is 5.32 Å². The number of anilines is 1. The molecule has 1 aromatic rings. The van der Waals surface area contributed by atoms with E-state index in [1.807, 2.05) is 45.0 Å². The van der Waals surface area contributed by atoms with E-state index in [9.17, 15) is 4.79 Å². The van der Waals surface area contributed by atoms with E-state index in [1.54, 1.807) is 7.11 Å². The summed E-state index contributed by atoms with van der Waals surface area (Å²) in [7, 11) is 1.62. The third-order valence-electron chi connectivity index (χ3n) is 2.49. The zero-order valence-corrected chi connectivity index (χ0v) is 11.5.